The molecule has 6 rings (SSSR count). The Hall–Kier alpha value is -5.55. The van der Waals surface area contributed by atoms with E-state index in [4.69, 9.17) is 19.2 Å². The molecule has 0 N–H and O–H groups in total. The van der Waals surface area contributed by atoms with Gasteiger partial charge in [0, 0.05) is 34.9 Å². The van der Waals surface area contributed by atoms with Crippen molar-refractivity contribution in [2.24, 2.45) is 0 Å². The van der Waals surface area contributed by atoms with Gasteiger partial charge in [-0.3, -0.25) is 4.98 Å². The average Bonchev–Trinajstić information content (AvgIpc) is 3.12. The van der Waals surface area contributed by atoms with Crippen LogP contribution in [0.1, 0.15) is 31.9 Å². The SMILES string of the molecule is CCOc1cc(OCC)c(-c2cc(-c3ccc(-c4ccc(N(c5ccc(C)cc5)c5ccc(C)cc5)cc4)cc3)ccn2)cc1OCC. The number of anilines is 3. The first-order valence-corrected chi connectivity index (χ1v) is 16.6. The van der Waals surface area contributed by atoms with Crippen molar-refractivity contribution in [2.75, 3.05) is 24.7 Å². The van der Waals surface area contributed by atoms with Crippen LogP contribution in [0.15, 0.2) is 128 Å². The topological polar surface area (TPSA) is 43.8 Å². The number of aromatic nitrogens is 1. The predicted molar refractivity (Wildman–Crippen MR) is 198 cm³/mol. The van der Waals surface area contributed by atoms with E-state index in [2.05, 4.69) is 122 Å². The molecular formula is C43H42N2O3. The Bertz CT molecular complexity index is 1900. The molecule has 1 aromatic heterocycles. The summed E-state index contributed by atoms with van der Waals surface area (Å²) in [6.07, 6.45) is 1.84. The van der Waals surface area contributed by atoms with Crippen molar-refractivity contribution in [3.05, 3.63) is 139 Å². The molecule has 1 heterocycles. The largest absolute Gasteiger partial charge is 0.493 e. The lowest BCUT2D eigenvalue weighted by atomic mass is 9.99. The molecule has 0 spiro atoms. The summed E-state index contributed by atoms with van der Waals surface area (Å²) in [4.78, 5) is 7.01. The highest BCUT2D eigenvalue weighted by Gasteiger charge is 2.17. The quantitative estimate of drug-likeness (QED) is 0.134. The minimum atomic E-state index is 0.532. The normalized spacial score (nSPS) is 10.9. The molecule has 242 valence electrons. The zero-order valence-corrected chi connectivity index (χ0v) is 28.4. The van der Waals surface area contributed by atoms with E-state index < -0.39 is 0 Å². The standard InChI is InChI=1S/C43H42N2O3/c1-6-46-41-29-43(48-8-3)42(47-7-2)28-39(41)40-27-35(25-26-44-40)34-15-13-32(14-16-34)33-17-23-38(24-18-33)45(36-19-9-30(4)10-20-36)37-21-11-31(5)12-22-37/h9-29H,6-8H2,1-5H3. The third-order valence-corrected chi connectivity index (χ3v) is 8.24. The lowest BCUT2D eigenvalue weighted by Gasteiger charge is -2.26. The van der Waals surface area contributed by atoms with Crippen LogP contribution in [0.4, 0.5) is 17.1 Å². The summed E-state index contributed by atoms with van der Waals surface area (Å²) in [6.45, 7) is 11.7. The number of rotatable bonds is 12. The van der Waals surface area contributed by atoms with Crippen molar-refractivity contribution in [3.63, 3.8) is 0 Å². The molecule has 6 aromatic rings. The number of benzene rings is 5. The van der Waals surface area contributed by atoms with Gasteiger partial charge in [0.2, 0.25) is 0 Å². The van der Waals surface area contributed by atoms with Crippen LogP contribution in [0.2, 0.25) is 0 Å². The molecule has 0 aliphatic rings. The molecule has 48 heavy (non-hydrogen) atoms. The molecule has 0 unspecified atom stereocenters. The van der Waals surface area contributed by atoms with Crippen molar-refractivity contribution in [2.45, 2.75) is 34.6 Å². The monoisotopic (exact) mass is 634 g/mol. The van der Waals surface area contributed by atoms with Crippen molar-refractivity contribution in [3.8, 4) is 50.8 Å². The maximum Gasteiger partial charge on any atom is 0.164 e. The van der Waals surface area contributed by atoms with Gasteiger partial charge in [0.05, 0.1) is 25.5 Å². The molecule has 0 bridgehead atoms. The molecule has 5 aromatic carbocycles. The number of nitrogens with zero attached hydrogens (tertiary/aromatic N) is 2. The van der Waals surface area contributed by atoms with Crippen LogP contribution in [0.5, 0.6) is 17.2 Å². The molecule has 0 radical (unpaired) electrons. The highest BCUT2D eigenvalue weighted by molar-refractivity contribution is 5.80. The fourth-order valence-electron chi connectivity index (χ4n) is 5.80. The predicted octanol–water partition coefficient (Wildman–Crippen LogP) is 11.4. The van der Waals surface area contributed by atoms with Crippen LogP contribution in [-0.4, -0.2) is 24.8 Å². The highest BCUT2D eigenvalue weighted by atomic mass is 16.5. The van der Waals surface area contributed by atoms with Crippen molar-refractivity contribution >= 4 is 17.1 Å². The lowest BCUT2D eigenvalue weighted by molar-refractivity contribution is 0.283. The van der Waals surface area contributed by atoms with Crippen LogP contribution in [0.3, 0.4) is 0 Å². The first-order valence-electron chi connectivity index (χ1n) is 16.6. The van der Waals surface area contributed by atoms with Crippen LogP contribution < -0.4 is 19.1 Å². The fourth-order valence-corrected chi connectivity index (χ4v) is 5.80. The summed E-state index contributed by atoms with van der Waals surface area (Å²) in [6, 6.07) is 42.8. The zero-order valence-electron chi connectivity index (χ0n) is 28.4. The zero-order chi connectivity index (χ0) is 33.5. The summed E-state index contributed by atoms with van der Waals surface area (Å²) in [5, 5.41) is 0. The van der Waals surface area contributed by atoms with Crippen molar-refractivity contribution in [1.29, 1.82) is 0 Å². The van der Waals surface area contributed by atoms with Gasteiger partial charge >= 0.3 is 0 Å². The Morgan fingerprint density at radius 2 is 0.875 bits per heavy atom. The van der Waals surface area contributed by atoms with E-state index in [0.29, 0.717) is 31.3 Å². The van der Waals surface area contributed by atoms with Crippen molar-refractivity contribution in [1.82, 2.24) is 4.98 Å². The Labute approximate surface area is 284 Å². The van der Waals surface area contributed by atoms with Crippen LogP contribution in [0, 0.1) is 13.8 Å². The molecule has 5 heteroatoms. The van der Waals surface area contributed by atoms with E-state index in [0.717, 1.165) is 56.3 Å². The maximum atomic E-state index is 6.03. The Morgan fingerprint density at radius 3 is 1.38 bits per heavy atom. The molecule has 0 saturated heterocycles. The fraction of sp³-hybridized carbons (Fsp3) is 0.186. The smallest absolute Gasteiger partial charge is 0.164 e. The van der Waals surface area contributed by atoms with Gasteiger partial charge in [-0.25, -0.2) is 0 Å². The number of hydrogen-bond acceptors (Lipinski definition) is 5. The Balaban J connectivity index is 1.27. The van der Waals surface area contributed by atoms with Gasteiger partial charge in [0.25, 0.3) is 0 Å². The molecule has 0 aliphatic heterocycles. The average molecular weight is 635 g/mol. The van der Waals surface area contributed by atoms with Crippen LogP contribution in [0.25, 0.3) is 33.5 Å². The molecular weight excluding hydrogens is 592 g/mol. The lowest BCUT2D eigenvalue weighted by Crippen LogP contribution is -2.09. The van der Waals surface area contributed by atoms with Crippen LogP contribution in [-0.2, 0) is 0 Å². The first kappa shape index (κ1) is 32.4. The Kier molecular flexibility index (Phi) is 10.1. The van der Waals surface area contributed by atoms with E-state index in [1.54, 1.807) is 0 Å². The van der Waals surface area contributed by atoms with Crippen molar-refractivity contribution < 1.29 is 14.2 Å². The molecule has 0 saturated carbocycles. The summed E-state index contributed by atoms with van der Waals surface area (Å²) in [5.41, 5.74) is 12.0. The number of hydrogen-bond donors (Lipinski definition) is 0. The van der Waals surface area contributed by atoms with E-state index in [1.807, 2.05) is 45.2 Å². The molecule has 0 fully saturated rings. The minimum absolute atomic E-state index is 0.532. The van der Waals surface area contributed by atoms with Gasteiger partial charge in [0.1, 0.15) is 5.75 Å². The van der Waals surface area contributed by atoms with Gasteiger partial charge in [-0.15, -0.1) is 0 Å². The second kappa shape index (κ2) is 14.9. The first-order chi connectivity index (χ1) is 23.5. The highest BCUT2D eigenvalue weighted by Crippen LogP contribution is 2.41. The van der Waals surface area contributed by atoms with Crippen LogP contribution >= 0.6 is 0 Å². The van der Waals surface area contributed by atoms with Gasteiger partial charge < -0.3 is 19.1 Å². The van der Waals surface area contributed by atoms with Gasteiger partial charge in [-0.1, -0.05) is 71.8 Å². The summed E-state index contributed by atoms with van der Waals surface area (Å²) >= 11 is 0. The number of ether oxygens (including phenoxy) is 3. The second-order valence-corrected chi connectivity index (χ2v) is 11.7. The summed E-state index contributed by atoms with van der Waals surface area (Å²) in [7, 11) is 0. The van der Waals surface area contributed by atoms with Gasteiger partial charge in [0.15, 0.2) is 11.5 Å². The third-order valence-electron chi connectivity index (χ3n) is 8.24. The van der Waals surface area contributed by atoms with E-state index in [9.17, 15) is 0 Å². The molecule has 5 nitrogen and oxygen atoms in total. The number of pyridine rings is 1. The molecule has 0 atom stereocenters. The molecule has 0 aliphatic carbocycles. The van der Waals surface area contributed by atoms with Gasteiger partial charge in [-0.05, 0) is 111 Å². The number of aryl methyl sites for hydroxylation is 2. The second-order valence-electron chi connectivity index (χ2n) is 11.7. The van der Waals surface area contributed by atoms with E-state index in [-0.39, 0.29) is 0 Å². The van der Waals surface area contributed by atoms with E-state index >= 15 is 0 Å². The van der Waals surface area contributed by atoms with Gasteiger partial charge in [-0.2, -0.15) is 0 Å². The minimum Gasteiger partial charge on any atom is -0.493 e. The maximum absolute atomic E-state index is 6.03. The molecule has 0 amide bonds. The third kappa shape index (κ3) is 7.21. The summed E-state index contributed by atoms with van der Waals surface area (Å²) in [5.74, 6) is 2.07. The Morgan fingerprint density at radius 1 is 0.458 bits per heavy atom. The summed E-state index contributed by atoms with van der Waals surface area (Å²) < 4.78 is 17.8. The van der Waals surface area contributed by atoms with E-state index in [1.165, 1.54) is 11.1 Å².